The van der Waals surface area contributed by atoms with Crippen LogP contribution >= 0.6 is 23.1 Å². The number of carbonyl (C=O) groups excluding carboxylic acids is 1. The summed E-state index contributed by atoms with van der Waals surface area (Å²) in [6, 6.07) is 11.8. The lowest BCUT2D eigenvalue weighted by molar-refractivity contribution is -0.143. The van der Waals surface area contributed by atoms with Gasteiger partial charge in [0.25, 0.3) is 0 Å². The van der Waals surface area contributed by atoms with Gasteiger partial charge in [-0.2, -0.15) is 0 Å². The molecule has 0 saturated carbocycles. The van der Waals surface area contributed by atoms with E-state index in [1.165, 1.54) is 9.77 Å². The first kappa shape index (κ1) is 18.5. The maximum atomic E-state index is 11.7. The number of oxime groups is 1. The molecule has 0 aliphatic carbocycles. The van der Waals surface area contributed by atoms with Crippen molar-refractivity contribution >= 4 is 34.9 Å². The van der Waals surface area contributed by atoms with Gasteiger partial charge in [0, 0.05) is 11.3 Å². The molecule has 2 rings (SSSR count). The van der Waals surface area contributed by atoms with Crippen LogP contribution < -0.4 is 5.73 Å². The number of thioether (sulfide) groups is 1. The molecule has 128 valence electrons. The summed E-state index contributed by atoms with van der Waals surface area (Å²) in [5.74, 6) is 0.484. The second-order valence-electron chi connectivity index (χ2n) is 6.30. The van der Waals surface area contributed by atoms with Gasteiger partial charge in [-0.25, -0.2) is 4.79 Å². The van der Waals surface area contributed by atoms with Crippen LogP contribution in [-0.4, -0.2) is 17.6 Å². The molecule has 1 aromatic carbocycles. The molecule has 0 aliphatic rings. The molecular weight excluding hydrogens is 340 g/mol. The molecular formula is C18H22N2O2S2. The van der Waals surface area contributed by atoms with Crippen LogP contribution in [0.1, 0.15) is 38.3 Å². The van der Waals surface area contributed by atoms with E-state index in [-0.39, 0.29) is 17.2 Å². The molecule has 0 radical (unpaired) electrons. The molecule has 0 bridgehead atoms. The molecule has 0 aliphatic heterocycles. The van der Waals surface area contributed by atoms with Gasteiger partial charge in [-0.3, -0.25) is 0 Å². The molecule has 2 aromatic rings. The maximum Gasteiger partial charge on any atom is 0.335 e. The number of benzene rings is 1. The average molecular weight is 363 g/mol. The van der Waals surface area contributed by atoms with Crippen molar-refractivity contribution in [3.05, 3.63) is 52.9 Å². The molecule has 0 atom stereocenters. The van der Waals surface area contributed by atoms with Crippen LogP contribution in [0, 0.1) is 0 Å². The average Bonchev–Trinajstić information content (AvgIpc) is 3.05. The monoisotopic (exact) mass is 362 g/mol. The Hall–Kier alpha value is -1.79. The van der Waals surface area contributed by atoms with E-state index in [2.05, 4.69) is 25.9 Å². The Morgan fingerprint density at radius 1 is 1.25 bits per heavy atom. The molecule has 0 saturated heterocycles. The number of carbonyl (C=O) groups is 1. The van der Waals surface area contributed by atoms with Gasteiger partial charge in [0.05, 0.1) is 10.6 Å². The van der Waals surface area contributed by atoms with Crippen molar-refractivity contribution in [3.63, 3.8) is 0 Å². The molecule has 0 fully saturated rings. The second-order valence-corrected chi connectivity index (χ2v) is 8.64. The topological polar surface area (TPSA) is 64.7 Å². The Bertz CT molecular complexity index is 687. The normalized spacial score (nSPS) is 12.2. The van der Waals surface area contributed by atoms with Crippen molar-refractivity contribution in [2.75, 3.05) is 5.75 Å². The fraction of sp³-hybridized carbons (Fsp3) is 0.333. The molecule has 1 aromatic heterocycles. The SMILES string of the molecule is CC(C)(C)c1ccc(/C(N)=N\OC(=O)CCSc2cccs2)cc1. The quantitative estimate of drug-likeness (QED) is 0.272. The summed E-state index contributed by atoms with van der Waals surface area (Å²) in [5, 5.41) is 5.75. The molecule has 2 N–H and O–H groups in total. The Labute approximate surface area is 151 Å². The first-order chi connectivity index (χ1) is 11.4. The number of nitrogens with two attached hydrogens (primary N) is 1. The summed E-state index contributed by atoms with van der Waals surface area (Å²) in [7, 11) is 0. The van der Waals surface area contributed by atoms with Gasteiger partial charge >= 0.3 is 5.97 Å². The number of rotatable bonds is 6. The number of amidine groups is 1. The van der Waals surface area contributed by atoms with E-state index >= 15 is 0 Å². The van der Waals surface area contributed by atoms with Crippen molar-refractivity contribution in [1.82, 2.24) is 0 Å². The lowest BCUT2D eigenvalue weighted by Crippen LogP contribution is -2.16. The van der Waals surface area contributed by atoms with Gasteiger partial charge in [-0.15, -0.1) is 23.1 Å². The molecule has 4 nitrogen and oxygen atoms in total. The highest BCUT2D eigenvalue weighted by molar-refractivity contribution is 8.01. The van der Waals surface area contributed by atoms with Crippen LogP contribution in [-0.2, 0) is 15.0 Å². The van der Waals surface area contributed by atoms with Crippen LogP contribution in [0.25, 0.3) is 0 Å². The Morgan fingerprint density at radius 3 is 2.54 bits per heavy atom. The van der Waals surface area contributed by atoms with Crippen LogP contribution in [0.4, 0.5) is 0 Å². The predicted molar refractivity (Wildman–Crippen MR) is 102 cm³/mol. The lowest BCUT2D eigenvalue weighted by atomic mass is 9.87. The van der Waals surface area contributed by atoms with Crippen molar-refractivity contribution in [2.45, 2.75) is 36.8 Å². The number of nitrogens with zero attached hydrogens (tertiary/aromatic N) is 1. The first-order valence-electron chi connectivity index (χ1n) is 7.67. The van der Waals surface area contributed by atoms with E-state index in [0.717, 1.165) is 5.56 Å². The molecule has 6 heteroatoms. The third-order valence-electron chi connectivity index (χ3n) is 3.34. The molecule has 0 spiro atoms. The minimum atomic E-state index is -0.381. The highest BCUT2D eigenvalue weighted by Crippen LogP contribution is 2.24. The zero-order chi connectivity index (χ0) is 17.6. The fourth-order valence-electron chi connectivity index (χ4n) is 1.92. The molecule has 1 heterocycles. The smallest absolute Gasteiger partial charge is 0.335 e. The van der Waals surface area contributed by atoms with Crippen LogP contribution in [0.5, 0.6) is 0 Å². The van der Waals surface area contributed by atoms with E-state index in [1.54, 1.807) is 23.1 Å². The van der Waals surface area contributed by atoms with Crippen molar-refractivity contribution in [3.8, 4) is 0 Å². The minimum absolute atomic E-state index is 0.0805. The maximum absolute atomic E-state index is 11.7. The van der Waals surface area contributed by atoms with Gasteiger partial charge in [-0.05, 0) is 22.4 Å². The Morgan fingerprint density at radius 2 is 1.96 bits per heavy atom. The zero-order valence-electron chi connectivity index (χ0n) is 14.1. The van der Waals surface area contributed by atoms with Gasteiger partial charge < -0.3 is 10.6 Å². The summed E-state index contributed by atoms with van der Waals surface area (Å²) >= 11 is 3.28. The number of thiophene rings is 1. The summed E-state index contributed by atoms with van der Waals surface area (Å²) in [4.78, 5) is 16.6. The van der Waals surface area contributed by atoms with Crippen molar-refractivity contribution in [2.24, 2.45) is 10.9 Å². The Kier molecular flexibility index (Phi) is 6.45. The van der Waals surface area contributed by atoms with Crippen LogP contribution in [0.2, 0.25) is 0 Å². The summed E-state index contributed by atoms with van der Waals surface area (Å²) in [6.45, 7) is 6.44. The van der Waals surface area contributed by atoms with E-state index in [9.17, 15) is 4.79 Å². The zero-order valence-corrected chi connectivity index (χ0v) is 15.7. The highest BCUT2D eigenvalue weighted by atomic mass is 32.2. The second kappa shape index (κ2) is 8.35. The van der Waals surface area contributed by atoms with E-state index in [0.29, 0.717) is 12.2 Å². The minimum Gasteiger partial charge on any atom is -0.380 e. The Balaban J connectivity index is 1.83. The third kappa shape index (κ3) is 5.69. The predicted octanol–water partition coefficient (Wildman–Crippen LogP) is 4.39. The third-order valence-corrected chi connectivity index (χ3v) is 5.47. The van der Waals surface area contributed by atoms with E-state index in [1.807, 2.05) is 41.8 Å². The number of hydrogen-bond donors (Lipinski definition) is 1. The number of hydrogen-bond acceptors (Lipinski definition) is 5. The summed E-state index contributed by atoms with van der Waals surface area (Å²) < 4.78 is 1.18. The molecule has 0 unspecified atom stereocenters. The van der Waals surface area contributed by atoms with Gasteiger partial charge in [0.2, 0.25) is 0 Å². The van der Waals surface area contributed by atoms with Gasteiger partial charge in [0.1, 0.15) is 0 Å². The molecule has 0 amide bonds. The summed E-state index contributed by atoms with van der Waals surface area (Å²) in [5.41, 5.74) is 7.91. The van der Waals surface area contributed by atoms with E-state index in [4.69, 9.17) is 10.6 Å². The van der Waals surface area contributed by atoms with Crippen molar-refractivity contribution in [1.29, 1.82) is 0 Å². The van der Waals surface area contributed by atoms with Crippen LogP contribution in [0.3, 0.4) is 0 Å². The lowest BCUT2D eigenvalue weighted by Gasteiger charge is -2.18. The van der Waals surface area contributed by atoms with Crippen molar-refractivity contribution < 1.29 is 9.63 Å². The first-order valence-corrected chi connectivity index (χ1v) is 9.53. The largest absolute Gasteiger partial charge is 0.380 e. The van der Waals surface area contributed by atoms with Gasteiger partial charge in [-0.1, -0.05) is 56.3 Å². The fourth-order valence-corrected chi connectivity index (χ4v) is 3.70. The van der Waals surface area contributed by atoms with E-state index < -0.39 is 0 Å². The summed E-state index contributed by atoms with van der Waals surface area (Å²) in [6.07, 6.45) is 0.294. The molecule has 24 heavy (non-hydrogen) atoms. The van der Waals surface area contributed by atoms with Gasteiger partial charge in [0.15, 0.2) is 5.84 Å². The highest BCUT2D eigenvalue weighted by Gasteiger charge is 2.13. The standard InChI is InChI=1S/C18H22N2O2S2/c1-18(2,3)14-8-6-13(7-9-14)17(19)20-22-15(21)10-12-24-16-5-4-11-23-16/h4-9,11H,10,12H2,1-3H3,(H2,19,20). The van der Waals surface area contributed by atoms with Crippen LogP contribution in [0.15, 0.2) is 51.1 Å².